The minimum Gasteiger partial charge on any atom is -0.335 e. The molecule has 1 aromatic heterocycles. The summed E-state index contributed by atoms with van der Waals surface area (Å²) in [5.41, 5.74) is 5.88. The Morgan fingerprint density at radius 3 is 2.33 bits per heavy atom. The van der Waals surface area contributed by atoms with E-state index in [1.165, 1.54) is 50.8 Å². The van der Waals surface area contributed by atoms with Gasteiger partial charge in [-0.25, -0.2) is 9.07 Å². The fourth-order valence-electron chi connectivity index (χ4n) is 2.99. The number of thioether (sulfide) groups is 1. The summed E-state index contributed by atoms with van der Waals surface area (Å²) >= 11 is 1.53. The first kappa shape index (κ1) is 19.4. The molecule has 0 amide bonds. The van der Waals surface area contributed by atoms with Crippen molar-refractivity contribution in [2.45, 2.75) is 50.9 Å². The molecule has 3 rings (SSSR count). The number of aromatic nitrogens is 3. The first-order chi connectivity index (χ1) is 12.7. The van der Waals surface area contributed by atoms with E-state index in [4.69, 9.17) is 5.84 Å². The van der Waals surface area contributed by atoms with Gasteiger partial charge in [0.25, 0.3) is 0 Å². The van der Waals surface area contributed by atoms with Crippen molar-refractivity contribution >= 4 is 11.8 Å². The van der Waals surface area contributed by atoms with Gasteiger partial charge in [0.1, 0.15) is 5.82 Å². The Bertz CT molecular complexity index is 950. The highest BCUT2D eigenvalue weighted by Gasteiger charge is 2.18. The average molecular weight is 385 g/mol. The van der Waals surface area contributed by atoms with Crippen LogP contribution in [0.15, 0.2) is 41.6 Å². The van der Waals surface area contributed by atoms with Crippen LogP contribution in [-0.4, -0.2) is 14.9 Å². The summed E-state index contributed by atoms with van der Waals surface area (Å²) in [6.07, 6.45) is 0. The molecule has 2 aromatic carbocycles. The lowest BCUT2D eigenvalue weighted by atomic mass is 9.84. The van der Waals surface area contributed by atoms with Crippen LogP contribution in [0.3, 0.4) is 0 Å². The van der Waals surface area contributed by atoms with E-state index in [1.807, 2.05) is 0 Å². The highest BCUT2D eigenvalue weighted by molar-refractivity contribution is 7.98. The van der Waals surface area contributed by atoms with E-state index < -0.39 is 0 Å². The molecular formula is C21H25FN4S. The topological polar surface area (TPSA) is 56.7 Å². The molecule has 0 aliphatic carbocycles. The van der Waals surface area contributed by atoms with Crippen LogP contribution < -0.4 is 5.84 Å². The second-order valence-corrected chi connectivity index (χ2v) is 8.76. The standard InChI is InChI=1S/C21H25FN4S/c1-13-9-16(21(3,4)5)10-14(2)18(13)12-27-20-25-24-19(26(20)23)15-7-6-8-17(22)11-15/h6-11H,12,23H2,1-5H3. The molecular weight excluding hydrogens is 359 g/mol. The maximum absolute atomic E-state index is 13.5. The molecule has 0 fully saturated rings. The lowest BCUT2D eigenvalue weighted by Gasteiger charge is -2.22. The number of rotatable bonds is 4. The Morgan fingerprint density at radius 2 is 1.74 bits per heavy atom. The Morgan fingerprint density at radius 1 is 1.07 bits per heavy atom. The molecule has 0 saturated carbocycles. The molecule has 0 saturated heterocycles. The van der Waals surface area contributed by atoms with Gasteiger partial charge in [-0.3, -0.25) is 0 Å². The summed E-state index contributed by atoms with van der Waals surface area (Å²) < 4.78 is 14.9. The van der Waals surface area contributed by atoms with Crippen molar-refractivity contribution in [3.8, 4) is 11.4 Å². The second-order valence-electron chi connectivity index (χ2n) is 7.81. The minimum absolute atomic E-state index is 0.123. The molecule has 1 heterocycles. The molecule has 142 valence electrons. The zero-order valence-electron chi connectivity index (χ0n) is 16.4. The Balaban J connectivity index is 1.82. The van der Waals surface area contributed by atoms with E-state index in [0.717, 1.165) is 5.75 Å². The Hall–Kier alpha value is -2.34. The molecule has 0 aliphatic rings. The predicted molar refractivity (Wildman–Crippen MR) is 110 cm³/mol. The van der Waals surface area contributed by atoms with Crippen molar-refractivity contribution in [3.63, 3.8) is 0 Å². The van der Waals surface area contributed by atoms with Crippen LogP contribution in [-0.2, 0) is 11.2 Å². The van der Waals surface area contributed by atoms with E-state index in [-0.39, 0.29) is 11.2 Å². The van der Waals surface area contributed by atoms with Crippen LogP contribution in [0.2, 0.25) is 0 Å². The van der Waals surface area contributed by atoms with Crippen molar-refractivity contribution in [1.29, 1.82) is 0 Å². The fraction of sp³-hybridized carbons (Fsp3) is 0.333. The number of halogens is 1. The van der Waals surface area contributed by atoms with Crippen LogP contribution >= 0.6 is 11.8 Å². The predicted octanol–water partition coefficient (Wildman–Crippen LogP) is 5.00. The Kier molecular flexibility index (Phi) is 5.29. The first-order valence-corrected chi connectivity index (χ1v) is 9.85. The number of hydrogen-bond acceptors (Lipinski definition) is 4. The number of nitrogens with zero attached hydrogens (tertiary/aromatic N) is 3. The molecule has 2 N–H and O–H groups in total. The summed E-state index contributed by atoms with van der Waals surface area (Å²) in [6.45, 7) is 11.0. The molecule has 27 heavy (non-hydrogen) atoms. The largest absolute Gasteiger partial charge is 0.335 e. The monoisotopic (exact) mass is 384 g/mol. The van der Waals surface area contributed by atoms with E-state index in [9.17, 15) is 4.39 Å². The molecule has 0 radical (unpaired) electrons. The van der Waals surface area contributed by atoms with E-state index in [0.29, 0.717) is 16.5 Å². The minimum atomic E-state index is -0.324. The summed E-state index contributed by atoms with van der Waals surface area (Å²) in [6, 6.07) is 10.7. The normalized spacial score (nSPS) is 11.8. The van der Waals surface area contributed by atoms with Crippen LogP contribution in [0.1, 0.15) is 43.0 Å². The van der Waals surface area contributed by atoms with Gasteiger partial charge >= 0.3 is 0 Å². The lowest BCUT2D eigenvalue weighted by Crippen LogP contribution is -2.13. The Labute approximate surface area is 164 Å². The van der Waals surface area contributed by atoms with Crippen LogP contribution in [0, 0.1) is 19.7 Å². The summed E-state index contributed by atoms with van der Waals surface area (Å²) in [4.78, 5) is 0. The lowest BCUT2D eigenvalue weighted by molar-refractivity contribution is 0.589. The number of aryl methyl sites for hydroxylation is 2. The summed E-state index contributed by atoms with van der Waals surface area (Å²) in [5.74, 6) is 7.03. The SMILES string of the molecule is Cc1cc(C(C)(C)C)cc(C)c1CSc1nnc(-c2cccc(F)c2)n1N. The van der Waals surface area contributed by atoms with Gasteiger partial charge in [-0.2, -0.15) is 0 Å². The number of hydrogen-bond donors (Lipinski definition) is 1. The molecule has 4 nitrogen and oxygen atoms in total. The van der Waals surface area contributed by atoms with Gasteiger partial charge in [0.2, 0.25) is 5.16 Å². The van der Waals surface area contributed by atoms with E-state index in [1.54, 1.807) is 12.1 Å². The van der Waals surface area contributed by atoms with Crippen molar-refractivity contribution in [2.75, 3.05) is 5.84 Å². The van der Waals surface area contributed by atoms with Gasteiger partial charge in [0.15, 0.2) is 5.82 Å². The maximum atomic E-state index is 13.5. The van der Waals surface area contributed by atoms with Crippen molar-refractivity contribution in [3.05, 3.63) is 64.5 Å². The number of benzene rings is 2. The maximum Gasteiger partial charge on any atom is 0.210 e. The van der Waals surface area contributed by atoms with Crippen molar-refractivity contribution in [2.24, 2.45) is 0 Å². The molecule has 0 atom stereocenters. The molecule has 0 aliphatic heterocycles. The van der Waals surface area contributed by atoms with E-state index >= 15 is 0 Å². The summed E-state index contributed by atoms with van der Waals surface area (Å²) in [7, 11) is 0. The van der Waals surface area contributed by atoms with Gasteiger partial charge < -0.3 is 5.84 Å². The van der Waals surface area contributed by atoms with E-state index in [2.05, 4.69) is 56.9 Å². The number of nitrogens with two attached hydrogens (primary N) is 1. The third-order valence-corrected chi connectivity index (χ3v) is 5.62. The second kappa shape index (κ2) is 7.35. The average Bonchev–Trinajstić information content (AvgIpc) is 2.94. The van der Waals surface area contributed by atoms with Crippen molar-refractivity contribution in [1.82, 2.24) is 14.9 Å². The molecule has 3 aromatic rings. The fourth-order valence-corrected chi connectivity index (χ4v) is 4.04. The van der Waals surface area contributed by atoms with Gasteiger partial charge in [-0.1, -0.05) is 56.8 Å². The highest BCUT2D eigenvalue weighted by Crippen LogP contribution is 2.31. The molecule has 0 unspecified atom stereocenters. The zero-order valence-corrected chi connectivity index (χ0v) is 17.2. The zero-order chi connectivity index (χ0) is 19.8. The molecule has 6 heteroatoms. The van der Waals surface area contributed by atoms with Crippen molar-refractivity contribution < 1.29 is 4.39 Å². The smallest absolute Gasteiger partial charge is 0.210 e. The number of nitrogen functional groups attached to an aromatic ring is 1. The van der Waals surface area contributed by atoms with Gasteiger partial charge in [0.05, 0.1) is 0 Å². The van der Waals surface area contributed by atoms with Crippen LogP contribution in [0.25, 0.3) is 11.4 Å². The molecule has 0 bridgehead atoms. The summed E-state index contributed by atoms with van der Waals surface area (Å²) in [5, 5.41) is 8.92. The van der Waals surface area contributed by atoms with Gasteiger partial charge in [-0.15, -0.1) is 10.2 Å². The van der Waals surface area contributed by atoms with Gasteiger partial charge in [0, 0.05) is 11.3 Å². The third-order valence-electron chi connectivity index (χ3n) is 4.66. The third kappa shape index (κ3) is 4.16. The highest BCUT2D eigenvalue weighted by atomic mass is 32.2. The van der Waals surface area contributed by atoms with Gasteiger partial charge in [-0.05, 0) is 53.6 Å². The van der Waals surface area contributed by atoms with Crippen LogP contribution in [0.4, 0.5) is 4.39 Å². The first-order valence-electron chi connectivity index (χ1n) is 8.86. The van der Waals surface area contributed by atoms with Crippen LogP contribution in [0.5, 0.6) is 0 Å². The quantitative estimate of drug-likeness (QED) is 0.508. The molecule has 0 spiro atoms.